The fourth-order valence-corrected chi connectivity index (χ4v) is 5.21. The lowest BCUT2D eigenvalue weighted by Gasteiger charge is -2.24. The van der Waals surface area contributed by atoms with Gasteiger partial charge in [0.2, 0.25) is 5.78 Å². The average molecular weight is 581 g/mol. The third kappa shape index (κ3) is 4.93. The maximum Gasteiger partial charge on any atom is 0.337 e. The number of allylic oxidation sites excluding steroid dienone is 1. The van der Waals surface area contributed by atoms with E-state index < -0.39 is 23.8 Å². The van der Waals surface area contributed by atoms with E-state index in [4.69, 9.17) is 28.1 Å². The second kappa shape index (κ2) is 11.0. The molecule has 0 radical (unpaired) electrons. The van der Waals surface area contributed by atoms with Crippen molar-refractivity contribution in [2.45, 2.75) is 12.3 Å². The number of methoxy groups -OCH3 is 3. The van der Waals surface area contributed by atoms with Crippen molar-refractivity contribution in [3.8, 4) is 28.6 Å². The number of hydrogen-bond acceptors (Lipinski definition) is 10. The van der Waals surface area contributed by atoms with Crippen molar-refractivity contribution in [3.05, 3.63) is 106 Å². The summed E-state index contributed by atoms with van der Waals surface area (Å²) in [4.78, 5) is 50.6. The van der Waals surface area contributed by atoms with Crippen LogP contribution >= 0.6 is 0 Å². The number of para-hydroxylation sites is 1. The largest absolute Gasteiger partial charge is 0.496 e. The Balaban J connectivity index is 1.41. The van der Waals surface area contributed by atoms with E-state index in [1.54, 1.807) is 42.5 Å². The molecule has 1 aromatic heterocycles. The van der Waals surface area contributed by atoms with E-state index >= 15 is 0 Å². The topological polar surface area (TPSA) is 128 Å². The zero-order chi connectivity index (χ0) is 30.2. The van der Waals surface area contributed by atoms with Gasteiger partial charge in [0.15, 0.2) is 5.76 Å². The minimum Gasteiger partial charge on any atom is -0.496 e. The van der Waals surface area contributed by atoms with Crippen molar-refractivity contribution in [2.75, 3.05) is 21.3 Å². The lowest BCUT2D eigenvalue weighted by Crippen LogP contribution is -2.21. The van der Waals surface area contributed by atoms with Crippen molar-refractivity contribution >= 4 is 29.8 Å². The van der Waals surface area contributed by atoms with Crippen molar-refractivity contribution in [3.63, 3.8) is 0 Å². The van der Waals surface area contributed by atoms with Gasteiger partial charge in [0, 0.05) is 16.7 Å². The van der Waals surface area contributed by atoms with Crippen LogP contribution in [0.15, 0.2) is 76.9 Å². The Morgan fingerprint density at radius 3 is 2.28 bits per heavy atom. The predicted octanol–water partition coefficient (Wildman–Crippen LogP) is 5.59. The number of ketones is 1. The Hall–Kier alpha value is -5.64. The summed E-state index contributed by atoms with van der Waals surface area (Å²) < 4.78 is 32.9. The summed E-state index contributed by atoms with van der Waals surface area (Å²) >= 11 is 0. The second-order valence-electron chi connectivity index (χ2n) is 9.75. The van der Waals surface area contributed by atoms with Crippen molar-refractivity contribution in [1.82, 2.24) is 0 Å². The molecule has 0 bridgehead atoms. The van der Waals surface area contributed by atoms with Crippen molar-refractivity contribution < 1.29 is 47.3 Å². The van der Waals surface area contributed by atoms with Crippen LogP contribution < -0.4 is 14.2 Å². The molecule has 3 aromatic carbocycles. The van der Waals surface area contributed by atoms with Gasteiger partial charge in [0.05, 0.1) is 50.4 Å². The molecule has 1 unspecified atom stereocenters. The quantitative estimate of drug-likeness (QED) is 0.162. The molecule has 216 valence electrons. The first-order chi connectivity index (χ1) is 20.8. The Labute approximate surface area is 245 Å². The summed E-state index contributed by atoms with van der Waals surface area (Å²) in [6.45, 7) is 0. The van der Waals surface area contributed by atoms with Gasteiger partial charge in [0.25, 0.3) is 0 Å². The normalized spacial score (nSPS) is 16.2. The summed E-state index contributed by atoms with van der Waals surface area (Å²) in [5.74, 6) is -0.819. The van der Waals surface area contributed by atoms with Gasteiger partial charge in [-0.1, -0.05) is 18.2 Å². The zero-order valence-corrected chi connectivity index (χ0v) is 23.3. The summed E-state index contributed by atoms with van der Waals surface area (Å²) in [6, 6.07) is 18.1. The second-order valence-corrected chi connectivity index (χ2v) is 9.75. The summed E-state index contributed by atoms with van der Waals surface area (Å²) in [5.41, 5.74) is 2.15. The van der Waals surface area contributed by atoms with Crippen LogP contribution in [0.5, 0.6) is 17.2 Å². The van der Waals surface area contributed by atoms with E-state index in [1.165, 1.54) is 39.5 Å². The van der Waals surface area contributed by atoms with Gasteiger partial charge < -0.3 is 28.1 Å². The number of carbonyl (C=O) groups is 4. The third-order valence-corrected chi connectivity index (χ3v) is 7.24. The van der Waals surface area contributed by atoms with Gasteiger partial charge >= 0.3 is 17.9 Å². The van der Waals surface area contributed by atoms with Gasteiger partial charge in [-0.05, 0) is 54.6 Å². The molecule has 0 N–H and O–H groups in total. The number of ether oxygens (including phenoxy) is 5. The first-order valence-corrected chi connectivity index (χ1v) is 13.2. The highest BCUT2D eigenvalue weighted by atomic mass is 16.5. The monoisotopic (exact) mass is 580 g/mol. The van der Waals surface area contributed by atoms with E-state index in [2.05, 4.69) is 0 Å². The van der Waals surface area contributed by atoms with Gasteiger partial charge in [-0.25, -0.2) is 9.59 Å². The van der Waals surface area contributed by atoms with E-state index in [1.807, 2.05) is 12.1 Å². The SMILES string of the molecule is COC(=O)c1cc(C(=O)OC)cc(-c2ccc(C3CC(=O)Oc4ccc5c(c43)OC(=Cc3ccccc3OC)C5=O)o2)c1. The Bertz CT molecular complexity index is 1810. The molecule has 0 saturated heterocycles. The molecule has 0 aliphatic carbocycles. The fourth-order valence-electron chi connectivity index (χ4n) is 5.21. The van der Waals surface area contributed by atoms with E-state index in [0.717, 1.165) is 0 Å². The van der Waals surface area contributed by atoms with Crippen LogP contribution in [0.3, 0.4) is 0 Å². The van der Waals surface area contributed by atoms with Gasteiger partial charge in [0.1, 0.15) is 28.8 Å². The first kappa shape index (κ1) is 27.5. The van der Waals surface area contributed by atoms with Crippen LogP contribution in [-0.4, -0.2) is 45.0 Å². The van der Waals surface area contributed by atoms with Crippen LogP contribution in [0.2, 0.25) is 0 Å². The van der Waals surface area contributed by atoms with E-state index in [-0.39, 0.29) is 40.6 Å². The number of furan rings is 1. The molecular weight excluding hydrogens is 556 g/mol. The smallest absolute Gasteiger partial charge is 0.337 e. The highest BCUT2D eigenvalue weighted by molar-refractivity contribution is 6.15. The molecule has 0 fully saturated rings. The standard InChI is InChI=1S/C33H24O10/c1-38-23-7-5-4-6-17(23)15-27-30(35)21-8-9-26-29(31(21)43-27)22(16-28(34)42-26)25-11-10-24(41-25)18-12-19(32(36)39-2)14-20(13-18)33(37)40-3/h4-15,22H,16H2,1-3H3. The number of hydrogen-bond donors (Lipinski definition) is 0. The molecular formula is C33H24O10. The number of benzene rings is 3. The van der Waals surface area contributed by atoms with Gasteiger partial charge in [-0.2, -0.15) is 0 Å². The summed E-state index contributed by atoms with van der Waals surface area (Å²) in [6.07, 6.45) is 1.53. The minimum atomic E-state index is -0.651. The highest BCUT2D eigenvalue weighted by Gasteiger charge is 2.40. The Morgan fingerprint density at radius 1 is 0.860 bits per heavy atom. The molecule has 6 rings (SSSR count). The summed E-state index contributed by atoms with van der Waals surface area (Å²) in [5, 5.41) is 0. The van der Waals surface area contributed by atoms with Crippen molar-refractivity contribution in [2.24, 2.45) is 0 Å². The zero-order valence-electron chi connectivity index (χ0n) is 23.3. The predicted molar refractivity (Wildman–Crippen MR) is 151 cm³/mol. The average Bonchev–Trinajstić information content (AvgIpc) is 3.65. The molecule has 3 heterocycles. The van der Waals surface area contributed by atoms with Crippen LogP contribution in [0.25, 0.3) is 17.4 Å². The third-order valence-electron chi connectivity index (χ3n) is 7.24. The molecule has 2 aliphatic rings. The maximum absolute atomic E-state index is 13.4. The van der Waals surface area contributed by atoms with Crippen molar-refractivity contribution in [1.29, 1.82) is 0 Å². The van der Waals surface area contributed by atoms with Crippen LogP contribution in [0, 0.1) is 0 Å². The number of esters is 3. The van der Waals surface area contributed by atoms with E-state index in [0.29, 0.717) is 39.5 Å². The molecule has 2 aliphatic heterocycles. The first-order valence-electron chi connectivity index (χ1n) is 13.2. The minimum absolute atomic E-state index is 0.0743. The lowest BCUT2D eigenvalue weighted by atomic mass is 9.88. The molecule has 10 heteroatoms. The molecule has 10 nitrogen and oxygen atoms in total. The fraction of sp³-hybridized carbons (Fsp3) is 0.152. The molecule has 43 heavy (non-hydrogen) atoms. The number of Topliss-reactive ketones (excluding diaryl/α,β-unsaturated/α-hetero) is 1. The van der Waals surface area contributed by atoms with Crippen LogP contribution in [0.1, 0.15) is 60.3 Å². The van der Waals surface area contributed by atoms with Crippen LogP contribution in [-0.2, 0) is 14.3 Å². The number of carbonyl (C=O) groups excluding carboxylic acids is 4. The molecule has 0 amide bonds. The Morgan fingerprint density at radius 2 is 1.58 bits per heavy atom. The number of fused-ring (bicyclic) bond motifs is 3. The lowest BCUT2D eigenvalue weighted by molar-refractivity contribution is -0.135. The Kier molecular flexibility index (Phi) is 7.03. The maximum atomic E-state index is 13.4. The van der Waals surface area contributed by atoms with E-state index in [9.17, 15) is 19.2 Å². The molecule has 0 saturated carbocycles. The van der Waals surface area contributed by atoms with Gasteiger partial charge in [-0.15, -0.1) is 0 Å². The summed E-state index contributed by atoms with van der Waals surface area (Å²) in [7, 11) is 4.01. The molecule has 0 spiro atoms. The highest BCUT2D eigenvalue weighted by Crippen LogP contribution is 2.49. The van der Waals surface area contributed by atoms with Crippen LogP contribution in [0.4, 0.5) is 0 Å². The van der Waals surface area contributed by atoms with Gasteiger partial charge in [-0.3, -0.25) is 9.59 Å². The molecule has 1 atom stereocenters. The number of rotatable bonds is 6. The molecule has 4 aromatic rings.